The lowest BCUT2D eigenvalue weighted by atomic mass is 10.2. The molecule has 3 aromatic carbocycles. The highest BCUT2D eigenvalue weighted by Gasteiger charge is 2.17. The van der Waals surface area contributed by atoms with Gasteiger partial charge >= 0.3 is 17.8 Å². The monoisotopic (exact) mass is 511 g/mol. The molecule has 10 nitrogen and oxygen atoms in total. The zero-order valence-electron chi connectivity index (χ0n) is 19.5. The summed E-state index contributed by atoms with van der Waals surface area (Å²) in [4.78, 5) is 36.7. The number of anilines is 1. The zero-order valence-corrected chi connectivity index (χ0v) is 20.3. The van der Waals surface area contributed by atoms with Gasteiger partial charge in [-0.15, -0.1) is 0 Å². The Morgan fingerprint density at radius 3 is 2.28 bits per heavy atom. The van der Waals surface area contributed by atoms with Crippen molar-refractivity contribution in [3.05, 3.63) is 76.8 Å². The van der Waals surface area contributed by atoms with Crippen molar-refractivity contribution in [1.29, 1.82) is 0 Å². The van der Waals surface area contributed by atoms with Crippen molar-refractivity contribution < 1.29 is 33.3 Å². The smallest absolute Gasteiger partial charge is 0.345 e. The summed E-state index contributed by atoms with van der Waals surface area (Å²) in [7, 11) is 4.32. The molecule has 2 amide bonds. The molecule has 0 saturated carbocycles. The van der Waals surface area contributed by atoms with Crippen molar-refractivity contribution >= 4 is 41.3 Å². The molecule has 0 bridgehead atoms. The van der Waals surface area contributed by atoms with Crippen LogP contribution < -0.4 is 29.7 Å². The topological polar surface area (TPSA) is 125 Å². The number of carbonyl (C=O) groups excluding carboxylic acids is 3. The van der Waals surface area contributed by atoms with Gasteiger partial charge in [0.15, 0.2) is 11.5 Å². The molecule has 0 spiro atoms. The predicted molar refractivity (Wildman–Crippen MR) is 133 cm³/mol. The van der Waals surface area contributed by atoms with Gasteiger partial charge in [-0.05, 0) is 48.0 Å². The summed E-state index contributed by atoms with van der Waals surface area (Å²) in [5, 5.41) is 6.48. The van der Waals surface area contributed by atoms with Crippen molar-refractivity contribution in [3.8, 4) is 23.0 Å². The number of ether oxygens (including phenoxy) is 4. The minimum atomic E-state index is -0.999. The fourth-order valence-corrected chi connectivity index (χ4v) is 3.14. The van der Waals surface area contributed by atoms with Crippen LogP contribution in [0.15, 0.2) is 65.8 Å². The van der Waals surface area contributed by atoms with E-state index in [1.807, 2.05) is 0 Å². The molecular formula is C25H22ClN3O7. The van der Waals surface area contributed by atoms with Gasteiger partial charge in [-0.1, -0.05) is 23.7 Å². The molecule has 3 aromatic rings. The molecule has 0 aliphatic rings. The number of halogens is 1. The fraction of sp³-hybridized carbons (Fsp3) is 0.120. The maximum absolute atomic E-state index is 12.4. The summed E-state index contributed by atoms with van der Waals surface area (Å²) in [5.74, 6) is -1.34. The number of rotatable bonds is 8. The highest BCUT2D eigenvalue weighted by Crippen LogP contribution is 2.30. The van der Waals surface area contributed by atoms with Gasteiger partial charge in [-0.3, -0.25) is 9.59 Å². The Hall–Kier alpha value is -4.57. The third-order valence-electron chi connectivity index (χ3n) is 4.73. The number of hydrogen-bond acceptors (Lipinski definition) is 8. The molecule has 0 aliphatic carbocycles. The van der Waals surface area contributed by atoms with Gasteiger partial charge in [0.25, 0.3) is 0 Å². The molecule has 0 radical (unpaired) electrons. The second kappa shape index (κ2) is 12.2. The number of benzene rings is 3. The Balaban J connectivity index is 1.62. The van der Waals surface area contributed by atoms with Gasteiger partial charge in [0.05, 0.1) is 43.8 Å². The van der Waals surface area contributed by atoms with Crippen LogP contribution in [-0.2, 0) is 9.59 Å². The second-order valence-corrected chi connectivity index (χ2v) is 7.41. The number of esters is 1. The van der Waals surface area contributed by atoms with E-state index < -0.39 is 17.8 Å². The van der Waals surface area contributed by atoms with Crippen molar-refractivity contribution in [2.45, 2.75) is 0 Å². The van der Waals surface area contributed by atoms with E-state index in [4.69, 9.17) is 30.5 Å². The Morgan fingerprint density at radius 1 is 0.833 bits per heavy atom. The van der Waals surface area contributed by atoms with E-state index in [1.54, 1.807) is 48.5 Å². The minimum Gasteiger partial charge on any atom is -0.497 e. The highest BCUT2D eigenvalue weighted by atomic mass is 35.5. The van der Waals surface area contributed by atoms with Gasteiger partial charge < -0.3 is 24.3 Å². The second-order valence-electron chi connectivity index (χ2n) is 7.00. The molecule has 3 rings (SSSR count). The lowest BCUT2D eigenvalue weighted by molar-refractivity contribution is -0.136. The molecule has 0 aliphatic heterocycles. The molecule has 11 heteroatoms. The normalized spacial score (nSPS) is 10.4. The van der Waals surface area contributed by atoms with Crippen LogP contribution in [0.5, 0.6) is 23.0 Å². The molecular weight excluding hydrogens is 490 g/mol. The maximum Gasteiger partial charge on any atom is 0.345 e. The third-order valence-corrected chi connectivity index (χ3v) is 5.06. The van der Waals surface area contributed by atoms with E-state index in [1.165, 1.54) is 39.7 Å². The quantitative estimate of drug-likeness (QED) is 0.155. The van der Waals surface area contributed by atoms with Crippen molar-refractivity contribution in [2.75, 3.05) is 26.6 Å². The van der Waals surface area contributed by atoms with Crippen LogP contribution in [0.4, 0.5) is 5.69 Å². The number of methoxy groups -OCH3 is 3. The van der Waals surface area contributed by atoms with Gasteiger partial charge in [0.2, 0.25) is 0 Å². The molecule has 0 aromatic heterocycles. The first-order chi connectivity index (χ1) is 17.4. The summed E-state index contributed by atoms with van der Waals surface area (Å²) in [6, 6.07) is 15.8. The van der Waals surface area contributed by atoms with Gasteiger partial charge in [0.1, 0.15) is 11.5 Å². The maximum atomic E-state index is 12.4. The molecule has 0 heterocycles. The largest absolute Gasteiger partial charge is 0.497 e. The van der Waals surface area contributed by atoms with Crippen LogP contribution in [0.1, 0.15) is 15.9 Å². The average Bonchev–Trinajstić information content (AvgIpc) is 2.89. The number of carbonyl (C=O) groups is 3. The number of hydrazone groups is 1. The van der Waals surface area contributed by atoms with Gasteiger partial charge in [-0.2, -0.15) is 5.10 Å². The molecule has 2 N–H and O–H groups in total. The summed E-state index contributed by atoms with van der Waals surface area (Å²) >= 11 is 6.04. The number of hydrogen-bond donors (Lipinski definition) is 2. The van der Waals surface area contributed by atoms with E-state index in [9.17, 15) is 14.4 Å². The standard InChI is InChI=1S/C25H22ClN3O7/c1-33-16-9-10-19(21(13-16)34-2)28-23(30)24(31)29-27-14-15-8-11-20(22(12-15)35-3)36-25(32)17-6-4-5-7-18(17)26/h4-14H,1-3H3,(H,28,30)(H,29,31)/b27-14+. The molecule has 0 saturated heterocycles. The Kier molecular flexibility index (Phi) is 8.84. The highest BCUT2D eigenvalue weighted by molar-refractivity contribution is 6.39. The van der Waals surface area contributed by atoms with Crippen LogP contribution >= 0.6 is 11.6 Å². The Labute approximate surface area is 211 Å². The first kappa shape index (κ1) is 26.0. The lowest BCUT2D eigenvalue weighted by Gasteiger charge is -2.11. The lowest BCUT2D eigenvalue weighted by Crippen LogP contribution is -2.32. The first-order valence-electron chi connectivity index (χ1n) is 10.4. The summed E-state index contributed by atoms with van der Waals surface area (Å²) in [5.41, 5.74) is 3.13. The molecule has 0 unspecified atom stereocenters. The molecule has 186 valence electrons. The van der Waals surface area contributed by atoms with E-state index in [0.29, 0.717) is 17.1 Å². The molecule has 36 heavy (non-hydrogen) atoms. The summed E-state index contributed by atoms with van der Waals surface area (Å²) in [6.07, 6.45) is 1.29. The third kappa shape index (κ3) is 6.51. The van der Waals surface area contributed by atoms with Gasteiger partial charge in [0, 0.05) is 6.07 Å². The summed E-state index contributed by atoms with van der Waals surface area (Å²) in [6.45, 7) is 0. The van der Waals surface area contributed by atoms with Crippen LogP contribution in [0.25, 0.3) is 0 Å². The molecule has 0 atom stereocenters. The molecule has 0 fully saturated rings. The zero-order chi connectivity index (χ0) is 26.1. The first-order valence-corrected chi connectivity index (χ1v) is 10.7. The number of amides is 2. The van der Waals surface area contributed by atoms with E-state index in [2.05, 4.69) is 15.8 Å². The van der Waals surface area contributed by atoms with Crippen LogP contribution in [0.3, 0.4) is 0 Å². The SMILES string of the molecule is COc1ccc(NC(=O)C(=O)N/N=C/c2ccc(OC(=O)c3ccccc3Cl)c(OC)c2)c(OC)c1. The fourth-order valence-electron chi connectivity index (χ4n) is 2.93. The Morgan fingerprint density at radius 2 is 1.58 bits per heavy atom. The summed E-state index contributed by atoms with van der Waals surface area (Å²) < 4.78 is 21.0. The van der Waals surface area contributed by atoms with E-state index in [0.717, 1.165) is 0 Å². The average molecular weight is 512 g/mol. The van der Waals surface area contributed by atoms with E-state index in [-0.39, 0.29) is 27.8 Å². The van der Waals surface area contributed by atoms with Crippen molar-refractivity contribution in [1.82, 2.24) is 5.43 Å². The van der Waals surface area contributed by atoms with Crippen LogP contribution in [0, 0.1) is 0 Å². The number of nitrogens with zero attached hydrogens (tertiary/aromatic N) is 1. The Bertz CT molecular complexity index is 1310. The van der Waals surface area contributed by atoms with Gasteiger partial charge in [-0.25, -0.2) is 10.2 Å². The van der Waals surface area contributed by atoms with Crippen LogP contribution in [-0.4, -0.2) is 45.3 Å². The minimum absolute atomic E-state index is 0.163. The van der Waals surface area contributed by atoms with E-state index >= 15 is 0 Å². The predicted octanol–water partition coefficient (Wildman–Crippen LogP) is 3.67. The van der Waals surface area contributed by atoms with Crippen molar-refractivity contribution in [2.24, 2.45) is 5.10 Å². The van der Waals surface area contributed by atoms with Crippen molar-refractivity contribution in [3.63, 3.8) is 0 Å². The van der Waals surface area contributed by atoms with Crippen LogP contribution in [0.2, 0.25) is 5.02 Å². The number of nitrogens with one attached hydrogen (secondary N) is 2.